The van der Waals surface area contributed by atoms with Crippen molar-refractivity contribution in [3.05, 3.63) is 29.3 Å². The first-order valence-electron chi connectivity index (χ1n) is 6.60. The van der Waals surface area contributed by atoms with Gasteiger partial charge in [0, 0.05) is 6.61 Å². The number of carbonyl (C=O) groups is 1. The summed E-state index contributed by atoms with van der Waals surface area (Å²) >= 11 is 0. The van der Waals surface area contributed by atoms with Crippen LogP contribution in [0.5, 0.6) is 0 Å². The largest absolute Gasteiger partial charge is 0.478 e. The van der Waals surface area contributed by atoms with Gasteiger partial charge in [-0.2, -0.15) is 0 Å². The first-order chi connectivity index (χ1) is 9.44. The summed E-state index contributed by atoms with van der Waals surface area (Å²) < 4.78 is 29.8. The first-order valence-corrected chi connectivity index (χ1v) is 8.26. The molecule has 5 nitrogen and oxygen atoms in total. The molecule has 2 rings (SSSR count). The predicted molar refractivity (Wildman–Crippen MR) is 73.8 cm³/mol. The van der Waals surface area contributed by atoms with Gasteiger partial charge in [-0.15, -0.1) is 0 Å². The van der Waals surface area contributed by atoms with Gasteiger partial charge < -0.3 is 9.84 Å². The van der Waals surface area contributed by atoms with E-state index >= 15 is 0 Å². The molecule has 1 unspecified atom stereocenters. The predicted octanol–water partition coefficient (Wildman–Crippen LogP) is 1.76. The van der Waals surface area contributed by atoms with Crippen LogP contribution in [0.3, 0.4) is 0 Å². The minimum Gasteiger partial charge on any atom is -0.478 e. The molecule has 20 heavy (non-hydrogen) atoms. The Morgan fingerprint density at radius 3 is 2.75 bits per heavy atom. The van der Waals surface area contributed by atoms with Gasteiger partial charge in [0.1, 0.15) is 0 Å². The summed E-state index contributed by atoms with van der Waals surface area (Å²) in [5, 5.41) is 9.16. The van der Waals surface area contributed by atoms with E-state index < -0.39 is 15.8 Å². The average molecular weight is 298 g/mol. The lowest BCUT2D eigenvalue weighted by molar-refractivity contribution is 0.0695. The van der Waals surface area contributed by atoms with E-state index in [1.807, 2.05) is 6.92 Å². The van der Waals surface area contributed by atoms with Crippen LogP contribution in [0.25, 0.3) is 0 Å². The van der Waals surface area contributed by atoms with Gasteiger partial charge >= 0.3 is 5.97 Å². The molecule has 0 spiro atoms. The summed E-state index contributed by atoms with van der Waals surface area (Å²) in [5.74, 6) is -1.08. The van der Waals surface area contributed by atoms with Crippen molar-refractivity contribution in [1.29, 1.82) is 0 Å². The summed E-state index contributed by atoms with van der Waals surface area (Å²) in [7, 11) is -3.47. The van der Waals surface area contributed by atoms with Gasteiger partial charge in [0.2, 0.25) is 0 Å². The molecule has 1 aliphatic rings. The van der Waals surface area contributed by atoms with E-state index in [1.165, 1.54) is 12.1 Å². The third kappa shape index (κ3) is 3.19. The van der Waals surface area contributed by atoms with Crippen molar-refractivity contribution in [3.63, 3.8) is 0 Å². The molecule has 1 atom stereocenters. The topological polar surface area (TPSA) is 80.7 Å². The van der Waals surface area contributed by atoms with E-state index in [-0.39, 0.29) is 22.1 Å². The third-order valence-corrected chi connectivity index (χ3v) is 5.41. The molecular weight excluding hydrogens is 280 g/mol. The van der Waals surface area contributed by atoms with Gasteiger partial charge in [0.05, 0.1) is 22.8 Å². The maximum Gasteiger partial charge on any atom is 0.336 e. The smallest absolute Gasteiger partial charge is 0.336 e. The molecule has 6 heteroatoms. The molecule has 0 saturated carbocycles. The Morgan fingerprint density at radius 1 is 1.45 bits per heavy atom. The molecule has 1 N–H and O–H groups in total. The number of sulfone groups is 1. The van der Waals surface area contributed by atoms with Crippen molar-refractivity contribution in [1.82, 2.24) is 0 Å². The Balaban J connectivity index is 2.31. The Morgan fingerprint density at radius 2 is 2.20 bits per heavy atom. The van der Waals surface area contributed by atoms with E-state index in [0.29, 0.717) is 25.2 Å². The summed E-state index contributed by atoms with van der Waals surface area (Å²) in [6, 6.07) is 4.35. The fourth-order valence-electron chi connectivity index (χ4n) is 2.38. The Hall–Kier alpha value is -1.40. The molecule has 1 aromatic carbocycles. The minimum atomic E-state index is -3.47. The summed E-state index contributed by atoms with van der Waals surface area (Å²) in [4.78, 5) is 11.3. The molecule has 1 saturated heterocycles. The second-order valence-corrected chi connectivity index (χ2v) is 7.02. The van der Waals surface area contributed by atoms with E-state index in [4.69, 9.17) is 9.84 Å². The lowest BCUT2D eigenvalue weighted by Gasteiger charge is -2.11. The molecule has 0 bridgehead atoms. The van der Waals surface area contributed by atoms with Gasteiger partial charge in [-0.3, -0.25) is 0 Å². The van der Waals surface area contributed by atoms with E-state index in [1.54, 1.807) is 6.07 Å². The Bertz CT molecular complexity index is 600. The SMILES string of the molecule is CCc1ccc(S(=O)(=O)CC2CCOC2)cc1C(=O)O. The number of aromatic carboxylic acids is 1. The molecule has 0 aromatic heterocycles. The molecular formula is C14H18O5S. The standard InChI is InChI=1S/C14H18O5S/c1-2-11-3-4-12(7-13(11)14(15)16)20(17,18)9-10-5-6-19-8-10/h3-4,7,10H,2,5-6,8-9H2,1H3,(H,15,16). The second kappa shape index (κ2) is 5.93. The van der Waals surface area contributed by atoms with Crippen molar-refractivity contribution in [2.24, 2.45) is 5.92 Å². The van der Waals surface area contributed by atoms with Crippen LogP contribution in [-0.2, 0) is 21.0 Å². The highest BCUT2D eigenvalue weighted by Crippen LogP contribution is 2.22. The highest BCUT2D eigenvalue weighted by atomic mass is 32.2. The number of aryl methyl sites for hydroxylation is 1. The monoisotopic (exact) mass is 298 g/mol. The number of hydrogen-bond donors (Lipinski definition) is 1. The van der Waals surface area contributed by atoms with Crippen LogP contribution in [0, 0.1) is 5.92 Å². The number of carboxylic acids is 1. The fraction of sp³-hybridized carbons (Fsp3) is 0.500. The van der Waals surface area contributed by atoms with Crippen molar-refractivity contribution >= 4 is 15.8 Å². The van der Waals surface area contributed by atoms with Gasteiger partial charge in [0.25, 0.3) is 0 Å². The number of carboxylic acid groups (broad SMARTS) is 1. The second-order valence-electron chi connectivity index (χ2n) is 4.99. The molecule has 0 radical (unpaired) electrons. The molecule has 1 aliphatic heterocycles. The van der Waals surface area contributed by atoms with Crippen molar-refractivity contribution < 1.29 is 23.1 Å². The number of hydrogen-bond acceptors (Lipinski definition) is 4. The van der Waals surface area contributed by atoms with Crippen LogP contribution in [0.2, 0.25) is 0 Å². The van der Waals surface area contributed by atoms with Gasteiger partial charge in [-0.25, -0.2) is 13.2 Å². The molecule has 0 amide bonds. The summed E-state index contributed by atoms with van der Waals surface area (Å²) in [6.07, 6.45) is 1.29. The van der Waals surface area contributed by atoms with Crippen LogP contribution in [0.1, 0.15) is 29.3 Å². The van der Waals surface area contributed by atoms with E-state index in [2.05, 4.69) is 0 Å². The summed E-state index contributed by atoms with van der Waals surface area (Å²) in [6.45, 7) is 2.89. The zero-order valence-electron chi connectivity index (χ0n) is 11.3. The van der Waals surface area contributed by atoms with Crippen molar-refractivity contribution in [2.75, 3.05) is 19.0 Å². The van der Waals surface area contributed by atoms with E-state index in [0.717, 1.165) is 6.42 Å². The average Bonchev–Trinajstić information content (AvgIpc) is 2.89. The number of benzene rings is 1. The zero-order valence-corrected chi connectivity index (χ0v) is 12.1. The molecule has 110 valence electrons. The van der Waals surface area contributed by atoms with Crippen molar-refractivity contribution in [3.8, 4) is 0 Å². The first kappa shape index (κ1) is 15.0. The van der Waals surface area contributed by atoms with Gasteiger partial charge in [-0.05, 0) is 36.5 Å². The van der Waals surface area contributed by atoms with Gasteiger partial charge in [-0.1, -0.05) is 13.0 Å². The molecule has 1 heterocycles. The normalized spacial score (nSPS) is 19.1. The minimum absolute atomic E-state index is 0.000806. The van der Waals surface area contributed by atoms with Gasteiger partial charge in [0.15, 0.2) is 9.84 Å². The highest BCUT2D eigenvalue weighted by Gasteiger charge is 2.25. The zero-order chi connectivity index (χ0) is 14.8. The fourth-order valence-corrected chi connectivity index (χ4v) is 4.03. The van der Waals surface area contributed by atoms with Crippen LogP contribution in [-0.4, -0.2) is 38.5 Å². The maximum absolute atomic E-state index is 12.3. The van der Waals surface area contributed by atoms with Crippen LogP contribution in [0.4, 0.5) is 0 Å². The summed E-state index contributed by atoms with van der Waals surface area (Å²) in [5.41, 5.74) is 0.705. The van der Waals surface area contributed by atoms with E-state index in [9.17, 15) is 13.2 Å². The molecule has 1 fully saturated rings. The lowest BCUT2D eigenvalue weighted by Crippen LogP contribution is -2.17. The maximum atomic E-state index is 12.3. The number of rotatable bonds is 5. The Kier molecular flexibility index (Phi) is 4.45. The van der Waals surface area contributed by atoms with Crippen LogP contribution in [0.15, 0.2) is 23.1 Å². The Labute approximate surface area is 118 Å². The third-order valence-electron chi connectivity index (χ3n) is 3.53. The molecule has 1 aromatic rings. The number of ether oxygens (including phenoxy) is 1. The lowest BCUT2D eigenvalue weighted by atomic mass is 10.1. The quantitative estimate of drug-likeness (QED) is 0.896. The highest BCUT2D eigenvalue weighted by molar-refractivity contribution is 7.91. The van der Waals surface area contributed by atoms with Crippen LogP contribution < -0.4 is 0 Å². The van der Waals surface area contributed by atoms with Crippen LogP contribution >= 0.6 is 0 Å². The van der Waals surface area contributed by atoms with Crippen molar-refractivity contribution in [2.45, 2.75) is 24.7 Å². The molecule has 0 aliphatic carbocycles.